The molecule has 2 heterocycles. The molecule has 0 aliphatic carbocycles. The number of aliphatic hydroxyl groups is 4. The average molecular weight is 719 g/mol. The summed E-state index contributed by atoms with van der Waals surface area (Å²) in [5, 5.41) is 47.5. The van der Waals surface area contributed by atoms with Crippen molar-refractivity contribution >= 4 is 17.8 Å². The molecule has 0 spiro atoms. The maximum Gasteiger partial charge on any atom is 0.305 e. The molecule has 0 aromatic heterocycles. The number of esters is 1. The second-order valence-corrected chi connectivity index (χ2v) is 13.6. The van der Waals surface area contributed by atoms with Gasteiger partial charge in [0.15, 0.2) is 12.6 Å². The van der Waals surface area contributed by atoms with Gasteiger partial charge >= 0.3 is 5.97 Å². The summed E-state index contributed by atoms with van der Waals surface area (Å²) in [6, 6.07) is -2.36. The zero-order valence-corrected chi connectivity index (χ0v) is 30.8. The quantitative estimate of drug-likeness (QED) is 0.0596. The van der Waals surface area contributed by atoms with Crippen LogP contribution in [0.4, 0.5) is 0 Å². The maximum atomic E-state index is 12.5. The molecule has 2 aliphatic rings. The van der Waals surface area contributed by atoms with Crippen molar-refractivity contribution in [1.29, 1.82) is 0 Å². The fourth-order valence-electron chi connectivity index (χ4n) is 6.63. The Morgan fingerprint density at radius 3 is 1.68 bits per heavy atom. The second kappa shape index (κ2) is 25.1. The van der Waals surface area contributed by atoms with Crippen LogP contribution in [0, 0.1) is 0 Å². The van der Waals surface area contributed by atoms with E-state index in [9.17, 15) is 34.8 Å². The molecule has 2 saturated heterocycles. The first kappa shape index (κ1) is 44.3. The first-order valence-corrected chi connectivity index (χ1v) is 19.0. The van der Waals surface area contributed by atoms with Crippen molar-refractivity contribution in [3.63, 3.8) is 0 Å². The number of aliphatic hydroxyl groups excluding tert-OH is 4. The van der Waals surface area contributed by atoms with Crippen molar-refractivity contribution in [2.45, 2.75) is 192 Å². The van der Waals surface area contributed by atoms with Gasteiger partial charge < -0.3 is 54.7 Å². The van der Waals surface area contributed by atoms with Gasteiger partial charge in [0.05, 0.1) is 6.61 Å². The molecular formula is C36H66N2O12. The Morgan fingerprint density at radius 2 is 1.18 bits per heavy atom. The van der Waals surface area contributed by atoms with Crippen LogP contribution in [-0.4, -0.2) is 119 Å². The summed E-state index contributed by atoms with van der Waals surface area (Å²) < 4.78 is 28.9. The summed E-state index contributed by atoms with van der Waals surface area (Å²) >= 11 is 0. The molecule has 2 amide bonds. The Balaban J connectivity index is 1.84. The highest BCUT2D eigenvalue weighted by molar-refractivity contribution is 5.73. The van der Waals surface area contributed by atoms with Gasteiger partial charge in [0, 0.05) is 26.9 Å². The Bertz CT molecular complexity index is 958. The van der Waals surface area contributed by atoms with E-state index in [0.29, 0.717) is 6.42 Å². The standard InChI is InChI=1S/C36H66N2O12/c1-5-7-8-9-10-11-12-13-14-15-16-17-18-19-20-21-28(42)47-23-27-31(43)32(44)29(37-24(3)40)36(49-27)50-33-26(22-39)48-35(45)30(38-25(4)41)34(33)46-6-2/h26-27,29-36,39,43-45H,5-23H2,1-4H3,(H,37,40)(H,38,41)/t26?,27?,29?,30?,31-,32+,33-,34+,35?,36-/m0/s1. The van der Waals surface area contributed by atoms with E-state index >= 15 is 0 Å². The number of unbranched alkanes of at least 4 members (excludes halogenated alkanes) is 14. The molecule has 0 bridgehead atoms. The summed E-state index contributed by atoms with van der Waals surface area (Å²) in [4.78, 5) is 36.4. The molecule has 6 N–H and O–H groups in total. The van der Waals surface area contributed by atoms with Crippen molar-refractivity contribution in [3.05, 3.63) is 0 Å². The summed E-state index contributed by atoms with van der Waals surface area (Å²) in [6.07, 6.45) is 7.77. The Kier molecular flexibility index (Phi) is 22.2. The topological polar surface area (TPSA) is 202 Å². The lowest BCUT2D eigenvalue weighted by Crippen LogP contribution is -2.69. The third kappa shape index (κ3) is 15.8. The van der Waals surface area contributed by atoms with Gasteiger partial charge in [-0.15, -0.1) is 0 Å². The van der Waals surface area contributed by atoms with Gasteiger partial charge in [-0.1, -0.05) is 96.8 Å². The SMILES string of the molecule is CCCCCCCCCCCCCCCCCC(=O)OCC1O[C@@H](O[C@H]2C(CO)OC(O)C(NC(C)=O)[C@H]2OCC)C(NC(C)=O)[C@@H](O)[C@H]1O. The van der Waals surface area contributed by atoms with Crippen molar-refractivity contribution in [2.75, 3.05) is 19.8 Å². The van der Waals surface area contributed by atoms with Crippen molar-refractivity contribution in [3.8, 4) is 0 Å². The van der Waals surface area contributed by atoms with Gasteiger partial charge in [0.2, 0.25) is 11.8 Å². The van der Waals surface area contributed by atoms with Gasteiger partial charge in [-0.25, -0.2) is 0 Å². The fraction of sp³-hybridized carbons (Fsp3) is 0.917. The predicted molar refractivity (Wildman–Crippen MR) is 185 cm³/mol. The Hall–Kier alpha value is -1.91. The number of hydrogen-bond acceptors (Lipinski definition) is 12. The van der Waals surface area contributed by atoms with E-state index in [0.717, 1.165) is 19.3 Å². The number of carbonyl (C=O) groups excluding carboxylic acids is 3. The lowest BCUT2D eigenvalue weighted by Gasteiger charge is -2.48. The first-order chi connectivity index (χ1) is 24.0. The number of amides is 2. The number of nitrogens with one attached hydrogen (secondary N) is 2. The zero-order valence-electron chi connectivity index (χ0n) is 30.8. The number of carbonyl (C=O) groups is 3. The minimum Gasteiger partial charge on any atom is -0.463 e. The molecule has 0 aromatic carbocycles. The van der Waals surface area contributed by atoms with Crippen molar-refractivity contribution < 1.29 is 58.5 Å². The largest absolute Gasteiger partial charge is 0.463 e. The Morgan fingerprint density at radius 1 is 0.660 bits per heavy atom. The van der Waals surface area contributed by atoms with Gasteiger partial charge in [0.25, 0.3) is 0 Å². The molecule has 0 radical (unpaired) electrons. The van der Waals surface area contributed by atoms with E-state index < -0.39 is 85.7 Å². The number of hydrogen-bond donors (Lipinski definition) is 6. The molecule has 10 atom stereocenters. The fourth-order valence-corrected chi connectivity index (χ4v) is 6.63. The summed E-state index contributed by atoms with van der Waals surface area (Å²) in [5.74, 6) is -1.48. The van der Waals surface area contributed by atoms with E-state index in [1.54, 1.807) is 6.92 Å². The van der Waals surface area contributed by atoms with Crippen LogP contribution in [0.1, 0.15) is 130 Å². The Labute approximate surface area is 298 Å². The van der Waals surface area contributed by atoms with E-state index in [4.69, 9.17) is 23.7 Å². The molecule has 14 nitrogen and oxygen atoms in total. The van der Waals surface area contributed by atoms with Crippen molar-refractivity contribution in [1.82, 2.24) is 10.6 Å². The molecule has 292 valence electrons. The number of rotatable bonds is 25. The molecular weight excluding hydrogens is 652 g/mol. The summed E-state index contributed by atoms with van der Waals surface area (Å²) in [7, 11) is 0. The third-order valence-corrected chi connectivity index (χ3v) is 9.33. The highest BCUT2D eigenvalue weighted by atomic mass is 16.7. The summed E-state index contributed by atoms with van der Waals surface area (Å²) in [5.41, 5.74) is 0. The number of ether oxygens (including phenoxy) is 5. The molecule has 0 aromatic rings. The van der Waals surface area contributed by atoms with Gasteiger partial charge in [-0.05, 0) is 13.3 Å². The third-order valence-electron chi connectivity index (χ3n) is 9.33. The van der Waals surface area contributed by atoms with E-state index in [1.165, 1.54) is 84.5 Å². The van der Waals surface area contributed by atoms with Crippen LogP contribution >= 0.6 is 0 Å². The van der Waals surface area contributed by atoms with E-state index in [1.807, 2.05) is 0 Å². The van der Waals surface area contributed by atoms with Crippen LogP contribution < -0.4 is 10.6 Å². The molecule has 50 heavy (non-hydrogen) atoms. The van der Waals surface area contributed by atoms with Gasteiger partial charge in [-0.2, -0.15) is 0 Å². The van der Waals surface area contributed by atoms with Gasteiger partial charge in [0.1, 0.15) is 55.3 Å². The lowest BCUT2D eigenvalue weighted by molar-refractivity contribution is -0.331. The van der Waals surface area contributed by atoms with E-state index in [-0.39, 0.29) is 19.6 Å². The normalized spacial score (nSPS) is 29.8. The van der Waals surface area contributed by atoms with Crippen LogP contribution in [0.2, 0.25) is 0 Å². The molecule has 0 saturated carbocycles. The molecule has 14 heteroatoms. The average Bonchev–Trinajstić information content (AvgIpc) is 3.07. The minimum absolute atomic E-state index is 0.144. The maximum absolute atomic E-state index is 12.5. The van der Waals surface area contributed by atoms with Crippen LogP contribution in [-0.2, 0) is 38.1 Å². The highest BCUT2D eigenvalue weighted by Crippen LogP contribution is 2.30. The molecule has 2 fully saturated rings. The smallest absolute Gasteiger partial charge is 0.305 e. The highest BCUT2D eigenvalue weighted by Gasteiger charge is 2.52. The van der Waals surface area contributed by atoms with Crippen molar-refractivity contribution in [2.24, 2.45) is 0 Å². The first-order valence-electron chi connectivity index (χ1n) is 19.0. The van der Waals surface area contributed by atoms with Crippen LogP contribution in [0.3, 0.4) is 0 Å². The second-order valence-electron chi connectivity index (χ2n) is 13.6. The molecule has 5 unspecified atom stereocenters. The van der Waals surface area contributed by atoms with E-state index in [2.05, 4.69) is 17.6 Å². The minimum atomic E-state index is -1.59. The zero-order chi connectivity index (χ0) is 36.9. The molecule has 2 aliphatic heterocycles. The van der Waals surface area contributed by atoms with Crippen LogP contribution in [0.25, 0.3) is 0 Å². The monoisotopic (exact) mass is 718 g/mol. The van der Waals surface area contributed by atoms with Gasteiger partial charge in [-0.3, -0.25) is 14.4 Å². The summed E-state index contributed by atoms with van der Waals surface area (Å²) in [6.45, 7) is 5.56. The lowest BCUT2D eigenvalue weighted by atomic mass is 9.94. The van der Waals surface area contributed by atoms with Crippen LogP contribution in [0.15, 0.2) is 0 Å². The molecule has 2 rings (SSSR count). The van der Waals surface area contributed by atoms with Crippen LogP contribution in [0.5, 0.6) is 0 Å². The predicted octanol–water partition coefficient (Wildman–Crippen LogP) is 2.75.